The molecule has 8 heteroatoms. The van der Waals surface area contributed by atoms with E-state index in [0.717, 1.165) is 0 Å². The van der Waals surface area contributed by atoms with Gasteiger partial charge in [0.2, 0.25) is 0 Å². The van der Waals surface area contributed by atoms with E-state index in [1.807, 2.05) is 6.07 Å². The summed E-state index contributed by atoms with van der Waals surface area (Å²) in [4.78, 5) is 10.1. The number of hydrogen-bond donors (Lipinski definition) is 2. The molecule has 0 fully saturated rings. The highest BCUT2D eigenvalue weighted by molar-refractivity contribution is 5.54. The first-order valence-corrected chi connectivity index (χ1v) is 6.71. The second-order valence-electron chi connectivity index (χ2n) is 4.69. The first-order chi connectivity index (χ1) is 11.1. The van der Waals surface area contributed by atoms with Crippen LogP contribution in [0.5, 0.6) is 0 Å². The minimum Gasteiger partial charge on any atom is -0.405 e. The van der Waals surface area contributed by atoms with Crippen LogP contribution in [0, 0.1) is 10.1 Å². The SMILES string of the molecule is O=[N+]([O-])c1ccc(Nc2nnc(C(O)c3ccccc3)o2)cc1. The molecule has 0 saturated heterocycles. The summed E-state index contributed by atoms with van der Waals surface area (Å²) in [6, 6.07) is 14.8. The maximum absolute atomic E-state index is 10.6. The van der Waals surface area contributed by atoms with Crippen LogP contribution in [-0.2, 0) is 0 Å². The fourth-order valence-corrected chi connectivity index (χ4v) is 1.96. The van der Waals surface area contributed by atoms with Crippen LogP contribution in [0.3, 0.4) is 0 Å². The number of aliphatic hydroxyl groups is 1. The Bertz CT molecular complexity index is 802. The Kier molecular flexibility index (Phi) is 3.98. The molecule has 23 heavy (non-hydrogen) atoms. The van der Waals surface area contributed by atoms with E-state index in [-0.39, 0.29) is 17.6 Å². The van der Waals surface area contributed by atoms with Crippen molar-refractivity contribution in [2.24, 2.45) is 0 Å². The Labute approximate surface area is 130 Å². The molecule has 2 aromatic carbocycles. The van der Waals surface area contributed by atoms with E-state index in [2.05, 4.69) is 15.5 Å². The lowest BCUT2D eigenvalue weighted by atomic mass is 10.1. The topological polar surface area (TPSA) is 114 Å². The smallest absolute Gasteiger partial charge is 0.320 e. The third-order valence-electron chi connectivity index (χ3n) is 3.12. The first-order valence-electron chi connectivity index (χ1n) is 6.71. The molecule has 0 spiro atoms. The predicted molar refractivity (Wildman–Crippen MR) is 81.2 cm³/mol. The highest BCUT2D eigenvalue weighted by Gasteiger charge is 2.17. The third-order valence-corrected chi connectivity index (χ3v) is 3.12. The highest BCUT2D eigenvalue weighted by Crippen LogP contribution is 2.24. The average Bonchev–Trinajstić information content (AvgIpc) is 3.04. The van der Waals surface area contributed by atoms with Gasteiger partial charge >= 0.3 is 6.01 Å². The van der Waals surface area contributed by atoms with Crippen molar-refractivity contribution in [2.75, 3.05) is 5.32 Å². The third kappa shape index (κ3) is 3.33. The van der Waals surface area contributed by atoms with Gasteiger partial charge in [-0.2, -0.15) is 0 Å². The van der Waals surface area contributed by atoms with Crippen molar-refractivity contribution in [1.82, 2.24) is 10.2 Å². The Balaban J connectivity index is 1.73. The number of hydrogen-bond acceptors (Lipinski definition) is 7. The normalized spacial score (nSPS) is 11.9. The van der Waals surface area contributed by atoms with Gasteiger partial charge in [-0.3, -0.25) is 10.1 Å². The van der Waals surface area contributed by atoms with Gasteiger partial charge in [0, 0.05) is 17.8 Å². The van der Waals surface area contributed by atoms with E-state index < -0.39 is 11.0 Å². The molecule has 8 nitrogen and oxygen atoms in total. The van der Waals surface area contributed by atoms with E-state index in [4.69, 9.17) is 4.42 Å². The molecule has 0 amide bonds. The second kappa shape index (κ2) is 6.24. The van der Waals surface area contributed by atoms with Crippen LogP contribution >= 0.6 is 0 Å². The molecule has 1 unspecified atom stereocenters. The quantitative estimate of drug-likeness (QED) is 0.550. The van der Waals surface area contributed by atoms with Gasteiger partial charge in [-0.05, 0) is 17.7 Å². The Morgan fingerprint density at radius 2 is 1.78 bits per heavy atom. The molecule has 3 rings (SSSR count). The van der Waals surface area contributed by atoms with Crippen molar-refractivity contribution < 1.29 is 14.4 Å². The summed E-state index contributed by atoms with van der Waals surface area (Å²) in [7, 11) is 0. The molecule has 0 aliphatic carbocycles. The van der Waals surface area contributed by atoms with E-state index in [1.54, 1.807) is 24.3 Å². The van der Waals surface area contributed by atoms with Crippen molar-refractivity contribution in [1.29, 1.82) is 0 Å². The van der Waals surface area contributed by atoms with E-state index in [0.29, 0.717) is 11.3 Å². The maximum Gasteiger partial charge on any atom is 0.320 e. The maximum atomic E-state index is 10.6. The van der Waals surface area contributed by atoms with Gasteiger partial charge in [-0.15, -0.1) is 5.10 Å². The summed E-state index contributed by atoms with van der Waals surface area (Å²) in [6.07, 6.45) is -1.02. The number of rotatable bonds is 5. The van der Waals surface area contributed by atoms with Gasteiger partial charge in [0.1, 0.15) is 0 Å². The van der Waals surface area contributed by atoms with E-state index in [9.17, 15) is 15.2 Å². The molecule has 1 heterocycles. The van der Waals surface area contributed by atoms with Crippen LogP contribution in [0.2, 0.25) is 0 Å². The zero-order chi connectivity index (χ0) is 16.2. The molecule has 0 radical (unpaired) electrons. The standard InChI is InChI=1S/C15H12N4O4/c20-13(10-4-2-1-3-5-10)14-17-18-15(23-14)16-11-6-8-12(9-7-11)19(21)22/h1-9,13,20H,(H,16,18). The van der Waals surface area contributed by atoms with E-state index in [1.165, 1.54) is 24.3 Å². The van der Waals surface area contributed by atoms with Gasteiger partial charge in [-0.25, -0.2) is 0 Å². The number of nitro groups is 1. The van der Waals surface area contributed by atoms with Crippen LogP contribution in [-0.4, -0.2) is 20.2 Å². The zero-order valence-electron chi connectivity index (χ0n) is 11.8. The van der Waals surface area contributed by atoms with Crippen molar-refractivity contribution in [3.05, 3.63) is 76.2 Å². The number of nitrogens with zero attached hydrogens (tertiary/aromatic N) is 3. The van der Waals surface area contributed by atoms with Crippen LogP contribution in [0.1, 0.15) is 17.6 Å². The molecule has 0 aliphatic heterocycles. The summed E-state index contributed by atoms with van der Waals surface area (Å²) >= 11 is 0. The lowest BCUT2D eigenvalue weighted by Crippen LogP contribution is -1.99. The summed E-state index contributed by atoms with van der Waals surface area (Å²) < 4.78 is 5.36. The number of anilines is 2. The number of nitro benzene ring substituents is 1. The van der Waals surface area contributed by atoms with Crippen LogP contribution in [0.4, 0.5) is 17.4 Å². The van der Waals surface area contributed by atoms with Gasteiger partial charge in [0.05, 0.1) is 4.92 Å². The molecule has 0 saturated carbocycles. The summed E-state index contributed by atoms with van der Waals surface area (Å²) in [5.74, 6) is 0.0561. The number of benzene rings is 2. The van der Waals surface area contributed by atoms with Gasteiger partial charge in [0.15, 0.2) is 6.10 Å². The Morgan fingerprint density at radius 3 is 2.43 bits per heavy atom. The molecule has 1 aromatic heterocycles. The Morgan fingerprint density at radius 1 is 1.09 bits per heavy atom. The van der Waals surface area contributed by atoms with Crippen molar-refractivity contribution >= 4 is 17.4 Å². The van der Waals surface area contributed by atoms with E-state index >= 15 is 0 Å². The molecule has 1 atom stereocenters. The lowest BCUT2D eigenvalue weighted by molar-refractivity contribution is -0.384. The van der Waals surface area contributed by atoms with Crippen LogP contribution in [0.25, 0.3) is 0 Å². The van der Waals surface area contributed by atoms with Gasteiger partial charge in [-0.1, -0.05) is 35.4 Å². The minimum atomic E-state index is -1.02. The Hall–Kier alpha value is -3.26. The molecule has 2 N–H and O–H groups in total. The first kappa shape index (κ1) is 14.7. The van der Waals surface area contributed by atoms with Crippen molar-refractivity contribution in [3.8, 4) is 0 Å². The molecule has 0 aliphatic rings. The largest absolute Gasteiger partial charge is 0.405 e. The molecule has 116 valence electrons. The van der Waals surface area contributed by atoms with Gasteiger partial charge < -0.3 is 14.8 Å². The highest BCUT2D eigenvalue weighted by atomic mass is 16.6. The number of aliphatic hydroxyl groups excluding tert-OH is 1. The number of aromatic nitrogens is 2. The summed E-state index contributed by atoms with van der Waals surface area (Å²) in [5.41, 5.74) is 1.18. The minimum absolute atomic E-state index is 0.0127. The molecule has 3 aromatic rings. The monoisotopic (exact) mass is 312 g/mol. The number of nitrogens with one attached hydrogen (secondary N) is 1. The summed E-state index contributed by atoms with van der Waals surface area (Å²) in [5, 5.41) is 31.2. The number of non-ortho nitro benzene ring substituents is 1. The summed E-state index contributed by atoms with van der Waals surface area (Å²) in [6.45, 7) is 0. The molecule has 0 bridgehead atoms. The van der Waals surface area contributed by atoms with Crippen LogP contribution in [0.15, 0.2) is 59.0 Å². The fourth-order valence-electron chi connectivity index (χ4n) is 1.96. The fraction of sp³-hybridized carbons (Fsp3) is 0.0667. The lowest BCUT2D eigenvalue weighted by Gasteiger charge is -2.05. The van der Waals surface area contributed by atoms with Crippen molar-refractivity contribution in [3.63, 3.8) is 0 Å². The second-order valence-corrected chi connectivity index (χ2v) is 4.69. The molecular weight excluding hydrogens is 300 g/mol. The van der Waals surface area contributed by atoms with Gasteiger partial charge in [0.25, 0.3) is 11.6 Å². The van der Waals surface area contributed by atoms with Crippen LogP contribution < -0.4 is 5.32 Å². The van der Waals surface area contributed by atoms with Crippen molar-refractivity contribution in [2.45, 2.75) is 6.10 Å². The zero-order valence-corrected chi connectivity index (χ0v) is 11.8. The molecular formula is C15H12N4O4. The predicted octanol–water partition coefficient (Wildman–Crippen LogP) is 2.80. The average molecular weight is 312 g/mol.